The van der Waals surface area contributed by atoms with Crippen molar-refractivity contribution in [3.8, 4) is 0 Å². The van der Waals surface area contributed by atoms with Crippen LogP contribution >= 0.6 is 15.9 Å². The maximum absolute atomic E-state index is 13.1. The van der Waals surface area contributed by atoms with Crippen molar-refractivity contribution in [3.05, 3.63) is 58.6 Å². The maximum atomic E-state index is 13.1. The van der Waals surface area contributed by atoms with E-state index in [1.165, 1.54) is 0 Å². The number of rotatable bonds is 3. The molecule has 2 aromatic rings. The number of carboxylic acid groups (broad SMARTS) is 1. The summed E-state index contributed by atoms with van der Waals surface area (Å²) in [5, 5.41) is 13.2. The molecule has 1 spiro atoms. The zero-order chi connectivity index (χ0) is 19.2. The van der Waals surface area contributed by atoms with Crippen LogP contribution in [0.5, 0.6) is 0 Å². The summed E-state index contributed by atoms with van der Waals surface area (Å²) in [7, 11) is 1.80. The zero-order valence-corrected chi connectivity index (χ0v) is 16.6. The Labute approximate surface area is 166 Å². The van der Waals surface area contributed by atoms with E-state index in [0.717, 1.165) is 21.4 Å². The lowest BCUT2D eigenvalue weighted by Gasteiger charge is -2.42. The molecule has 1 amide bonds. The molecule has 140 valence electrons. The molecular formula is C21H21BrN2O3. The first-order chi connectivity index (χ1) is 12.9. The third-order valence-corrected chi connectivity index (χ3v) is 6.56. The Hall–Kier alpha value is -2.34. The number of nitrogens with zero attached hydrogens (tertiary/aromatic N) is 1. The smallest absolute Gasteiger partial charge is 0.329 e. The molecule has 0 aromatic heterocycles. The molecule has 0 unspecified atom stereocenters. The number of benzene rings is 2. The second kappa shape index (κ2) is 6.37. The molecule has 1 saturated carbocycles. The third kappa shape index (κ3) is 2.74. The Morgan fingerprint density at radius 1 is 1.11 bits per heavy atom. The summed E-state index contributed by atoms with van der Waals surface area (Å²) < 4.78 is 0.891. The number of anilines is 2. The van der Waals surface area contributed by atoms with Gasteiger partial charge in [-0.1, -0.05) is 40.2 Å². The van der Waals surface area contributed by atoms with Gasteiger partial charge in [-0.3, -0.25) is 4.79 Å². The van der Waals surface area contributed by atoms with Crippen LogP contribution in [0.1, 0.15) is 31.2 Å². The van der Waals surface area contributed by atoms with Gasteiger partial charge < -0.3 is 15.3 Å². The minimum atomic E-state index is -1.07. The molecule has 2 aromatic carbocycles. The van der Waals surface area contributed by atoms with Crippen LogP contribution in [0.4, 0.5) is 11.4 Å². The van der Waals surface area contributed by atoms with Crippen molar-refractivity contribution >= 4 is 39.2 Å². The number of carbonyl (C=O) groups is 2. The molecule has 0 bridgehead atoms. The van der Waals surface area contributed by atoms with Gasteiger partial charge in [0, 0.05) is 22.9 Å². The van der Waals surface area contributed by atoms with Crippen LogP contribution in [0.15, 0.2) is 53.0 Å². The van der Waals surface area contributed by atoms with Gasteiger partial charge >= 0.3 is 5.97 Å². The number of para-hydroxylation sites is 1. The molecule has 5 nitrogen and oxygen atoms in total. The van der Waals surface area contributed by atoms with Crippen LogP contribution in [-0.4, -0.2) is 29.6 Å². The Bertz CT molecular complexity index is 919. The fourth-order valence-electron chi connectivity index (χ4n) is 4.54. The van der Waals surface area contributed by atoms with Gasteiger partial charge in [0.05, 0.1) is 5.41 Å². The summed E-state index contributed by atoms with van der Waals surface area (Å²) in [6.45, 7) is 0. The van der Waals surface area contributed by atoms with E-state index in [1.807, 2.05) is 48.5 Å². The monoisotopic (exact) mass is 428 g/mol. The van der Waals surface area contributed by atoms with E-state index in [-0.39, 0.29) is 5.91 Å². The first-order valence-corrected chi connectivity index (χ1v) is 9.82. The average Bonchev–Trinajstić information content (AvgIpc) is 2.86. The highest BCUT2D eigenvalue weighted by molar-refractivity contribution is 9.10. The fourth-order valence-corrected chi connectivity index (χ4v) is 4.94. The van der Waals surface area contributed by atoms with E-state index in [0.29, 0.717) is 25.7 Å². The number of amides is 1. The Morgan fingerprint density at radius 2 is 1.81 bits per heavy atom. The van der Waals surface area contributed by atoms with Crippen molar-refractivity contribution in [2.24, 2.45) is 0 Å². The van der Waals surface area contributed by atoms with Gasteiger partial charge in [0.2, 0.25) is 5.91 Å². The number of hydrogen-bond donors (Lipinski definition) is 2. The number of fused-ring (bicyclic) bond motifs is 2. The highest BCUT2D eigenvalue weighted by Gasteiger charge is 2.55. The van der Waals surface area contributed by atoms with Crippen molar-refractivity contribution in [1.29, 1.82) is 0 Å². The van der Waals surface area contributed by atoms with Crippen LogP contribution in [0, 0.1) is 0 Å². The average molecular weight is 429 g/mol. The lowest BCUT2D eigenvalue weighted by molar-refractivity contribution is -0.145. The predicted octanol–water partition coefficient (Wildman–Crippen LogP) is 4.17. The van der Waals surface area contributed by atoms with E-state index >= 15 is 0 Å². The van der Waals surface area contributed by atoms with Crippen molar-refractivity contribution in [2.75, 3.05) is 17.3 Å². The summed E-state index contributed by atoms with van der Waals surface area (Å²) in [6.07, 6.45) is 1.81. The summed E-state index contributed by atoms with van der Waals surface area (Å²) in [6, 6.07) is 15.4. The van der Waals surface area contributed by atoms with Crippen LogP contribution < -0.4 is 10.2 Å². The van der Waals surface area contributed by atoms with Gasteiger partial charge in [-0.15, -0.1) is 0 Å². The summed E-state index contributed by atoms with van der Waals surface area (Å²) in [5.41, 5.74) is 1.05. The topological polar surface area (TPSA) is 69.6 Å². The number of aliphatic carboxylic acids is 1. The van der Waals surface area contributed by atoms with E-state index < -0.39 is 16.9 Å². The molecule has 1 fully saturated rings. The zero-order valence-electron chi connectivity index (χ0n) is 15.0. The quantitative estimate of drug-likeness (QED) is 0.769. The summed E-state index contributed by atoms with van der Waals surface area (Å²) >= 11 is 3.43. The van der Waals surface area contributed by atoms with Gasteiger partial charge in [-0.05, 0) is 55.5 Å². The Balaban J connectivity index is 1.65. The largest absolute Gasteiger partial charge is 0.480 e. The minimum Gasteiger partial charge on any atom is -0.480 e. The summed E-state index contributed by atoms with van der Waals surface area (Å²) in [5.74, 6) is -0.797. The molecular weight excluding hydrogens is 408 g/mol. The Kier molecular flexibility index (Phi) is 4.26. The third-order valence-electron chi connectivity index (χ3n) is 6.07. The molecule has 0 saturated heterocycles. The molecule has 0 atom stereocenters. The normalized spacial score (nSPS) is 26.9. The van der Waals surface area contributed by atoms with Crippen molar-refractivity contribution < 1.29 is 14.7 Å². The highest BCUT2D eigenvalue weighted by Crippen LogP contribution is 2.52. The maximum Gasteiger partial charge on any atom is 0.329 e. The lowest BCUT2D eigenvalue weighted by Crippen LogP contribution is -2.54. The van der Waals surface area contributed by atoms with Crippen LogP contribution in [0.25, 0.3) is 0 Å². The van der Waals surface area contributed by atoms with E-state index in [2.05, 4.69) is 21.2 Å². The summed E-state index contributed by atoms with van der Waals surface area (Å²) in [4.78, 5) is 27.0. The van der Waals surface area contributed by atoms with E-state index in [4.69, 9.17) is 0 Å². The second-order valence-corrected chi connectivity index (χ2v) is 8.40. The van der Waals surface area contributed by atoms with E-state index in [9.17, 15) is 14.7 Å². The fraction of sp³-hybridized carbons (Fsp3) is 0.333. The molecule has 0 radical (unpaired) electrons. The van der Waals surface area contributed by atoms with Crippen molar-refractivity contribution in [2.45, 2.75) is 36.6 Å². The lowest BCUT2D eigenvalue weighted by atomic mass is 9.64. The Morgan fingerprint density at radius 3 is 2.48 bits per heavy atom. The molecule has 4 rings (SSSR count). The van der Waals surface area contributed by atoms with Crippen LogP contribution in [0.3, 0.4) is 0 Å². The molecule has 2 N–H and O–H groups in total. The van der Waals surface area contributed by atoms with Gasteiger partial charge in [-0.25, -0.2) is 4.79 Å². The molecule has 1 heterocycles. The SMILES string of the molecule is CN1C(=O)C2(CCC(Nc3cccc(Br)c3)(C(=O)O)CC2)c2ccccc21. The number of nitrogens with one attached hydrogen (secondary N) is 1. The second-order valence-electron chi connectivity index (χ2n) is 7.49. The van der Waals surface area contributed by atoms with Crippen LogP contribution in [0.2, 0.25) is 0 Å². The standard InChI is InChI=1S/C21H21BrN2O3/c1-24-17-8-3-2-7-16(17)20(18(24)25)9-11-21(12-10-20,19(26)27)23-15-6-4-5-14(22)13-15/h2-8,13,23H,9-12H2,1H3,(H,26,27). The van der Waals surface area contributed by atoms with Crippen molar-refractivity contribution in [1.82, 2.24) is 0 Å². The van der Waals surface area contributed by atoms with Gasteiger partial charge in [0.1, 0.15) is 5.54 Å². The number of hydrogen-bond acceptors (Lipinski definition) is 3. The van der Waals surface area contributed by atoms with Gasteiger partial charge in [0.25, 0.3) is 0 Å². The molecule has 1 aliphatic carbocycles. The van der Waals surface area contributed by atoms with E-state index in [1.54, 1.807) is 11.9 Å². The first kappa shape index (κ1) is 18.0. The number of carbonyl (C=O) groups excluding carboxylic acids is 1. The highest BCUT2D eigenvalue weighted by atomic mass is 79.9. The molecule has 1 aliphatic heterocycles. The molecule has 6 heteroatoms. The minimum absolute atomic E-state index is 0.0742. The number of likely N-dealkylation sites (N-methyl/N-ethyl adjacent to an activating group) is 1. The van der Waals surface area contributed by atoms with Crippen LogP contribution in [-0.2, 0) is 15.0 Å². The van der Waals surface area contributed by atoms with Gasteiger partial charge in [0.15, 0.2) is 0 Å². The molecule has 2 aliphatic rings. The first-order valence-electron chi connectivity index (χ1n) is 9.03. The molecule has 27 heavy (non-hydrogen) atoms. The number of halogens is 1. The predicted molar refractivity (Wildman–Crippen MR) is 108 cm³/mol. The number of carboxylic acids is 1. The van der Waals surface area contributed by atoms with Crippen molar-refractivity contribution in [3.63, 3.8) is 0 Å². The van der Waals surface area contributed by atoms with Gasteiger partial charge in [-0.2, -0.15) is 0 Å².